The quantitative estimate of drug-likeness (QED) is 0.726. The van der Waals surface area contributed by atoms with Gasteiger partial charge in [-0.05, 0) is 85.8 Å². The van der Waals surface area contributed by atoms with Crippen molar-refractivity contribution in [2.45, 2.75) is 51.4 Å². The first-order chi connectivity index (χ1) is 11.5. The molecular formula is C20H27NO3. The average molecular weight is 329 g/mol. The number of hydrogen-bond donors (Lipinski definition) is 3. The predicted octanol–water partition coefficient (Wildman–Crippen LogP) is 3.36. The van der Waals surface area contributed by atoms with Crippen molar-refractivity contribution >= 4 is 5.91 Å². The highest BCUT2D eigenvalue weighted by Gasteiger charge is 2.51. The van der Waals surface area contributed by atoms with Gasteiger partial charge in [-0.15, -0.1) is 0 Å². The fourth-order valence-electron chi connectivity index (χ4n) is 5.98. The van der Waals surface area contributed by atoms with Crippen LogP contribution in [0, 0.1) is 23.2 Å². The van der Waals surface area contributed by atoms with E-state index in [0.29, 0.717) is 19.4 Å². The number of hydrogen-bond acceptors (Lipinski definition) is 3. The zero-order valence-corrected chi connectivity index (χ0v) is 14.1. The van der Waals surface area contributed by atoms with Crippen LogP contribution in [-0.4, -0.2) is 22.7 Å². The number of amides is 1. The van der Waals surface area contributed by atoms with Crippen molar-refractivity contribution in [3.05, 3.63) is 23.8 Å². The van der Waals surface area contributed by atoms with Crippen LogP contribution < -0.4 is 5.32 Å². The minimum absolute atomic E-state index is 0.104. The molecule has 0 aliphatic heterocycles. The van der Waals surface area contributed by atoms with Crippen LogP contribution in [-0.2, 0) is 11.2 Å². The summed E-state index contributed by atoms with van der Waals surface area (Å²) < 4.78 is 0. The van der Waals surface area contributed by atoms with E-state index in [2.05, 4.69) is 5.32 Å². The first-order valence-corrected chi connectivity index (χ1v) is 9.29. The van der Waals surface area contributed by atoms with Gasteiger partial charge in [0.1, 0.15) is 0 Å². The van der Waals surface area contributed by atoms with Crippen molar-refractivity contribution in [3.63, 3.8) is 0 Å². The van der Waals surface area contributed by atoms with Crippen LogP contribution >= 0.6 is 0 Å². The molecule has 0 heterocycles. The van der Waals surface area contributed by atoms with E-state index >= 15 is 0 Å². The summed E-state index contributed by atoms with van der Waals surface area (Å²) in [6.45, 7) is 0.579. The van der Waals surface area contributed by atoms with E-state index in [1.807, 2.05) is 0 Å². The van der Waals surface area contributed by atoms with Gasteiger partial charge in [0, 0.05) is 13.0 Å². The Morgan fingerprint density at radius 1 is 1.04 bits per heavy atom. The molecule has 24 heavy (non-hydrogen) atoms. The monoisotopic (exact) mass is 329 g/mol. The Labute approximate surface area is 143 Å². The highest BCUT2D eigenvalue weighted by Crippen LogP contribution is 2.61. The molecule has 4 bridgehead atoms. The zero-order chi connectivity index (χ0) is 16.7. The van der Waals surface area contributed by atoms with Crippen molar-refractivity contribution < 1.29 is 15.0 Å². The van der Waals surface area contributed by atoms with Crippen LogP contribution in [0.1, 0.15) is 50.5 Å². The number of phenolic OH excluding ortho intramolecular Hbond substituents is 2. The first kappa shape index (κ1) is 15.8. The summed E-state index contributed by atoms with van der Waals surface area (Å²) in [6.07, 6.45) is 9.37. The smallest absolute Gasteiger partial charge is 0.220 e. The maximum absolute atomic E-state index is 12.4. The molecule has 0 spiro atoms. The number of carbonyl (C=O) groups excluding carboxylic acids is 1. The standard InChI is InChI=1S/C20H27NO3/c22-17-2-1-13(8-18(17)23)3-4-21-19(24)12-20-9-14-5-15(10-20)7-16(6-14)11-20/h1-2,8,14-16,22-23H,3-7,9-12H2,(H,21,24). The molecule has 0 aromatic heterocycles. The van der Waals surface area contributed by atoms with Gasteiger partial charge in [-0.2, -0.15) is 0 Å². The van der Waals surface area contributed by atoms with E-state index in [4.69, 9.17) is 0 Å². The number of carbonyl (C=O) groups is 1. The summed E-state index contributed by atoms with van der Waals surface area (Å²) in [5, 5.41) is 21.9. The molecule has 0 unspecified atom stereocenters. The molecule has 0 saturated heterocycles. The predicted molar refractivity (Wildman–Crippen MR) is 91.7 cm³/mol. The van der Waals surface area contributed by atoms with Gasteiger partial charge < -0.3 is 15.5 Å². The third-order valence-electron chi connectivity index (χ3n) is 6.48. The van der Waals surface area contributed by atoms with Crippen molar-refractivity contribution in [1.82, 2.24) is 5.32 Å². The van der Waals surface area contributed by atoms with E-state index in [1.54, 1.807) is 12.1 Å². The van der Waals surface area contributed by atoms with Crippen LogP contribution in [0.2, 0.25) is 0 Å². The number of rotatable bonds is 5. The lowest BCUT2D eigenvalue weighted by atomic mass is 9.49. The number of benzene rings is 1. The molecule has 0 atom stereocenters. The van der Waals surface area contributed by atoms with E-state index in [1.165, 1.54) is 44.6 Å². The lowest BCUT2D eigenvalue weighted by Gasteiger charge is -2.56. The molecule has 4 nitrogen and oxygen atoms in total. The maximum atomic E-state index is 12.4. The molecule has 1 aromatic rings. The van der Waals surface area contributed by atoms with Gasteiger partial charge in [-0.3, -0.25) is 4.79 Å². The molecule has 4 aliphatic rings. The van der Waals surface area contributed by atoms with Gasteiger partial charge in [-0.25, -0.2) is 0 Å². The average Bonchev–Trinajstić information content (AvgIpc) is 2.49. The fourth-order valence-corrected chi connectivity index (χ4v) is 5.98. The van der Waals surface area contributed by atoms with Crippen LogP contribution in [0.3, 0.4) is 0 Å². The second-order valence-corrected chi connectivity index (χ2v) is 8.52. The summed E-state index contributed by atoms with van der Waals surface area (Å²) in [5.41, 5.74) is 1.20. The van der Waals surface area contributed by atoms with Crippen LogP contribution in [0.25, 0.3) is 0 Å². The summed E-state index contributed by atoms with van der Waals surface area (Å²) in [5.74, 6) is 2.61. The van der Waals surface area contributed by atoms with Crippen molar-refractivity contribution in [2.24, 2.45) is 23.2 Å². The van der Waals surface area contributed by atoms with Crippen LogP contribution in [0.4, 0.5) is 0 Å². The molecule has 1 aromatic carbocycles. The molecule has 4 heteroatoms. The van der Waals surface area contributed by atoms with E-state index in [9.17, 15) is 15.0 Å². The Morgan fingerprint density at radius 2 is 1.67 bits per heavy atom. The number of phenols is 2. The van der Waals surface area contributed by atoms with Crippen molar-refractivity contribution in [3.8, 4) is 11.5 Å². The van der Waals surface area contributed by atoms with Gasteiger partial charge in [0.25, 0.3) is 0 Å². The third-order valence-corrected chi connectivity index (χ3v) is 6.48. The molecule has 4 saturated carbocycles. The van der Waals surface area contributed by atoms with Crippen molar-refractivity contribution in [1.29, 1.82) is 0 Å². The normalized spacial score (nSPS) is 33.6. The minimum Gasteiger partial charge on any atom is -0.504 e. The highest BCUT2D eigenvalue weighted by molar-refractivity contribution is 5.76. The van der Waals surface area contributed by atoms with Gasteiger partial charge in [0.2, 0.25) is 5.91 Å². The molecule has 4 aliphatic carbocycles. The summed E-state index contributed by atoms with van der Waals surface area (Å²) in [7, 11) is 0. The Kier molecular flexibility index (Phi) is 3.93. The fraction of sp³-hybridized carbons (Fsp3) is 0.650. The second-order valence-electron chi connectivity index (χ2n) is 8.52. The van der Waals surface area contributed by atoms with E-state index in [-0.39, 0.29) is 22.8 Å². The molecule has 0 radical (unpaired) electrons. The third kappa shape index (κ3) is 3.11. The van der Waals surface area contributed by atoms with Crippen molar-refractivity contribution in [2.75, 3.05) is 6.54 Å². The molecule has 1 amide bonds. The second kappa shape index (κ2) is 5.98. The Bertz CT molecular complexity index is 604. The first-order valence-electron chi connectivity index (χ1n) is 9.29. The lowest BCUT2D eigenvalue weighted by molar-refractivity contribution is -0.129. The Morgan fingerprint density at radius 3 is 2.25 bits per heavy atom. The number of nitrogens with one attached hydrogen (secondary N) is 1. The molecular weight excluding hydrogens is 302 g/mol. The largest absolute Gasteiger partial charge is 0.504 e. The molecule has 130 valence electrons. The summed E-state index contributed by atoms with van der Waals surface area (Å²) in [4.78, 5) is 12.4. The zero-order valence-electron chi connectivity index (χ0n) is 14.1. The number of aromatic hydroxyl groups is 2. The van der Waals surface area contributed by atoms with Gasteiger partial charge in [0.05, 0.1) is 0 Å². The molecule has 5 rings (SSSR count). The lowest BCUT2D eigenvalue weighted by Crippen LogP contribution is -2.48. The Hall–Kier alpha value is -1.71. The topological polar surface area (TPSA) is 69.6 Å². The SMILES string of the molecule is O=C(CC12CC3CC(CC(C3)C1)C2)NCCc1ccc(O)c(O)c1. The molecule has 4 fully saturated rings. The van der Waals surface area contributed by atoms with E-state index in [0.717, 1.165) is 23.3 Å². The van der Waals surface area contributed by atoms with E-state index < -0.39 is 0 Å². The molecule has 3 N–H and O–H groups in total. The summed E-state index contributed by atoms with van der Waals surface area (Å²) >= 11 is 0. The van der Waals surface area contributed by atoms with Crippen LogP contribution in [0.15, 0.2) is 18.2 Å². The minimum atomic E-state index is -0.107. The highest BCUT2D eigenvalue weighted by atomic mass is 16.3. The van der Waals surface area contributed by atoms with Gasteiger partial charge in [0.15, 0.2) is 11.5 Å². The Balaban J connectivity index is 1.28. The van der Waals surface area contributed by atoms with Crippen LogP contribution in [0.5, 0.6) is 11.5 Å². The van der Waals surface area contributed by atoms with Gasteiger partial charge in [-0.1, -0.05) is 6.07 Å². The maximum Gasteiger partial charge on any atom is 0.220 e. The van der Waals surface area contributed by atoms with Gasteiger partial charge >= 0.3 is 0 Å². The summed E-state index contributed by atoms with van der Waals surface area (Å²) in [6, 6.07) is 4.82.